The minimum Gasteiger partial charge on any atom is -0.497 e. The molecule has 3 unspecified atom stereocenters. The van der Waals surface area contributed by atoms with E-state index in [0.717, 1.165) is 49.1 Å². The Balaban J connectivity index is 1.12. The third kappa shape index (κ3) is 25.0. The largest absolute Gasteiger partial charge is 0.497 e. The fraction of sp³-hybridized carbons (Fsp3) is 0.321. The Morgan fingerprint density at radius 1 is 0.436 bits per heavy atom. The van der Waals surface area contributed by atoms with Crippen LogP contribution < -0.4 is 41.7 Å². The third-order valence-electron chi connectivity index (χ3n) is 18.8. The van der Waals surface area contributed by atoms with Gasteiger partial charge in [-0.15, -0.1) is 0 Å². The molecule has 117 heavy (non-hydrogen) atoms. The van der Waals surface area contributed by atoms with Gasteiger partial charge in [0.2, 0.25) is 0 Å². The van der Waals surface area contributed by atoms with Gasteiger partial charge in [0, 0.05) is 108 Å². The van der Waals surface area contributed by atoms with Crippen molar-refractivity contribution in [3.63, 3.8) is 0 Å². The van der Waals surface area contributed by atoms with Crippen molar-refractivity contribution in [1.29, 1.82) is 0 Å². The van der Waals surface area contributed by atoms with Crippen LogP contribution >= 0.6 is 21.7 Å². The Morgan fingerprint density at radius 3 is 1.21 bits per heavy atom. The second-order valence-corrected chi connectivity index (χ2v) is 40.5. The van der Waals surface area contributed by atoms with Crippen molar-refractivity contribution in [2.75, 3.05) is 86.7 Å². The fourth-order valence-electron chi connectivity index (χ4n) is 12.6. The Labute approximate surface area is 679 Å². The number of alkyl halides is 6. The molecule has 6 aromatic carbocycles. The maximum atomic E-state index is 16.0. The summed E-state index contributed by atoms with van der Waals surface area (Å²) in [6.07, 6.45) is -6.87. The summed E-state index contributed by atoms with van der Waals surface area (Å²) in [5.41, 5.74) is 5.56. The molecule has 0 amide bonds. The minimum atomic E-state index is -4.98. The van der Waals surface area contributed by atoms with E-state index in [0.29, 0.717) is 106 Å². The first kappa shape index (κ1) is 90.2. The molecule has 1 fully saturated rings. The van der Waals surface area contributed by atoms with Gasteiger partial charge >= 0.3 is 12.4 Å². The highest BCUT2D eigenvalue weighted by atomic mass is 32.2. The first-order valence-corrected chi connectivity index (χ1v) is 47.2. The van der Waals surface area contributed by atoms with Gasteiger partial charge in [-0.2, -0.15) is 51.6 Å². The molecular formula is C84H87F6N6O15P3S3. The predicted molar refractivity (Wildman–Crippen MR) is 437 cm³/mol. The molecule has 618 valence electrons. The van der Waals surface area contributed by atoms with Crippen LogP contribution in [0.25, 0.3) is 0 Å². The average molecular weight is 1720 g/mol. The number of benzene rings is 6. The van der Waals surface area contributed by atoms with Gasteiger partial charge < -0.3 is 23.1 Å². The van der Waals surface area contributed by atoms with E-state index < -0.39 is 87.4 Å². The lowest BCUT2D eigenvalue weighted by Crippen LogP contribution is -2.45. The number of nitrogens with zero attached hydrogens (tertiary/aromatic N) is 6. The first-order valence-electron chi connectivity index (χ1n) is 37.1. The molecule has 9 aromatic rings. The van der Waals surface area contributed by atoms with Crippen LogP contribution in [0.2, 0.25) is 0 Å². The third-order valence-corrected chi connectivity index (χ3v) is 30.0. The highest BCUT2D eigenvalue weighted by Crippen LogP contribution is 2.45. The lowest BCUT2D eigenvalue weighted by Gasteiger charge is -2.35. The Hall–Kier alpha value is -9.11. The molecule has 21 nitrogen and oxygen atoms in total. The molecule has 1 aliphatic heterocycles. The summed E-state index contributed by atoms with van der Waals surface area (Å²) in [6.45, 7) is 7.73. The van der Waals surface area contributed by atoms with Crippen molar-refractivity contribution in [3.8, 4) is 47.0 Å². The fourth-order valence-corrected chi connectivity index (χ4v) is 20.7. The number of unbranched alkanes of at least 4 members (excludes halogenated alkanes) is 2. The smallest absolute Gasteiger partial charge is 0.413 e. The molecule has 4 heterocycles. The lowest BCUT2D eigenvalue weighted by molar-refractivity contribution is -0.153. The number of aryl methyl sites for hydroxylation is 1. The maximum Gasteiger partial charge on any atom is 0.413 e. The van der Waals surface area contributed by atoms with Gasteiger partial charge in [0.05, 0.1) is 59.2 Å². The Kier molecular flexibility index (Phi) is 30.2. The molecule has 0 radical (unpaired) electrons. The van der Waals surface area contributed by atoms with Crippen molar-refractivity contribution < 1.29 is 91.8 Å². The highest BCUT2D eigenvalue weighted by Gasteiger charge is 2.37. The maximum absolute atomic E-state index is 16.0. The van der Waals surface area contributed by atoms with Gasteiger partial charge in [-0.05, 0) is 210 Å². The number of hydrogen-bond donors (Lipinski definition) is 0. The lowest BCUT2D eigenvalue weighted by atomic mass is 10.0. The number of rotatable bonds is 29. The average Bonchev–Trinajstić information content (AvgIpc) is 1.10. The van der Waals surface area contributed by atoms with Crippen LogP contribution in [0, 0.1) is 42.4 Å². The van der Waals surface area contributed by atoms with Crippen LogP contribution in [0.5, 0.6) is 11.5 Å². The van der Waals surface area contributed by atoms with Gasteiger partial charge in [0.25, 0.3) is 37.7 Å². The minimum absolute atomic E-state index is 0.0506. The van der Waals surface area contributed by atoms with Crippen molar-refractivity contribution in [3.05, 3.63) is 238 Å². The zero-order chi connectivity index (χ0) is 84.6. The van der Waals surface area contributed by atoms with Crippen molar-refractivity contribution in [2.45, 2.75) is 106 Å². The van der Waals surface area contributed by atoms with E-state index in [1.807, 2.05) is 37.3 Å². The van der Waals surface area contributed by atoms with E-state index in [1.165, 1.54) is 75.5 Å². The van der Waals surface area contributed by atoms with E-state index in [9.17, 15) is 51.6 Å². The molecule has 0 bridgehead atoms. The number of hydrogen-bond acceptors (Lipinski definition) is 21. The van der Waals surface area contributed by atoms with Crippen LogP contribution in [0.1, 0.15) is 102 Å². The zero-order valence-corrected chi connectivity index (χ0v) is 70.5. The van der Waals surface area contributed by atoms with Gasteiger partial charge in [0.15, 0.2) is 27.5 Å². The Morgan fingerprint density at radius 2 is 0.803 bits per heavy atom. The summed E-state index contributed by atoms with van der Waals surface area (Å²) >= 11 is 0. The van der Waals surface area contributed by atoms with Crippen LogP contribution in [0.3, 0.4) is 0 Å². The standard InChI is InChI=1S/C84H87F6N6O15P3S3/c1-9-12-13-14-71-58-95(56-69-50-66(22-19-62-17-15-61(4)16-18-62)53-81(92-69)113(8,98)74-33-39-77(40-34-74)115(100,101)109-11-3)46-45-94(55-68-49-65(23-20-63-25-29-72(106-5)30-26-63)52-80(91-68)112(7,97)75-35-41-78(42-36-75)116(102,103)110-59-83(85,86)87)47-48-96(71)57-70-51-67(24-21-64-27-31-73(107-6)32-28-64)54-82(93-70)114(99,108-10-2)76-37-43-79(44-38-76)117(104,105)111-60-84(88,89)90/h15-18,25-44,49-54,71H,9-14,45-48,55-60H2,1-8H3/t71-,112?,113?,114?/m0/s1. The predicted octanol–water partition coefficient (Wildman–Crippen LogP) is 12.6. The SMILES string of the molecule is CCCCC[C@H]1CN(Cc2cc(C#Cc3ccc(C)cc3)cc(P(C)(=O)c3ccc(S(=O)(=O)OCC)cc3)n2)CCN(Cc2cc(C#Cc3ccc(OC)cc3)cc(P(C)(=O)c3ccc(S(=O)(=O)OCC(F)(F)F)cc3)n2)CCN1Cc1cc(C#Cc2ccc(OC)cc2)cc(P(=O)(OCC)c2ccc(S(=O)(=O)OCC(F)(F)F)cc2)n1. The second-order valence-electron chi connectivity index (χ2n) is 27.6. The van der Waals surface area contributed by atoms with Crippen LogP contribution in [0.15, 0.2) is 197 Å². The Bertz CT molecular complexity index is 5730. The molecule has 4 atom stereocenters. The molecule has 3 aromatic heterocycles. The zero-order valence-electron chi connectivity index (χ0n) is 65.4. The van der Waals surface area contributed by atoms with Crippen LogP contribution in [0.4, 0.5) is 26.3 Å². The molecular weight excluding hydrogens is 1640 g/mol. The second kappa shape index (κ2) is 39.2. The number of ether oxygens (including phenoxy) is 2. The molecule has 10 rings (SSSR count). The van der Waals surface area contributed by atoms with Gasteiger partial charge in [-0.25, -0.2) is 15.0 Å². The topological polar surface area (TPSA) is 257 Å². The number of halogens is 6. The van der Waals surface area contributed by atoms with E-state index in [4.69, 9.17) is 33.1 Å². The molecule has 0 N–H and O–H groups in total. The van der Waals surface area contributed by atoms with Crippen molar-refractivity contribution in [2.24, 2.45) is 0 Å². The highest BCUT2D eigenvalue weighted by molar-refractivity contribution is 7.87. The first-order chi connectivity index (χ1) is 55.4. The van der Waals surface area contributed by atoms with Gasteiger partial charge in [-0.1, -0.05) is 79.4 Å². The number of pyridine rings is 3. The van der Waals surface area contributed by atoms with E-state index in [1.54, 1.807) is 93.3 Å². The molecule has 0 saturated carbocycles. The van der Waals surface area contributed by atoms with Crippen molar-refractivity contribution >= 4 is 84.2 Å². The summed E-state index contributed by atoms with van der Waals surface area (Å²) in [7, 11) is -22.9. The molecule has 0 aliphatic carbocycles. The van der Waals surface area contributed by atoms with E-state index >= 15 is 13.7 Å². The quantitative estimate of drug-likeness (QED) is 0.0139. The summed E-state index contributed by atoms with van der Waals surface area (Å²) in [5.74, 6) is 20.5. The summed E-state index contributed by atoms with van der Waals surface area (Å²) < 4.78 is 235. The molecule has 33 heteroatoms. The number of methoxy groups -OCH3 is 2. The van der Waals surface area contributed by atoms with Gasteiger partial charge in [0.1, 0.15) is 27.8 Å². The van der Waals surface area contributed by atoms with E-state index in [2.05, 4.69) is 65.5 Å². The van der Waals surface area contributed by atoms with Crippen LogP contribution in [-0.4, -0.2) is 160 Å². The molecule has 1 saturated heterocycles. The monoisotopic (exact) mass is 1720 g/mol. The normalized spacial score (nSPS) is 15.7. The summed E-state index contributed by atoms with van der Waals surface area (Å²) in [4.78, 5) is 20.7. The summed E-state index contributed by atoms with van der Waals surface area (Å²) in [6, 6.07) is 45.8. The molecule has 0 spiro atoms. The summed E-state index contributed by atoms with van der Waals surface area (Å²) in [5, 5.41) is 0.370. The van der Waals surface area contributed by atoms with Gasteiger partial charge in [-0.3, -0.25) is 31.8 Å². The van der Waals surface area contributed by atoms with Crippen LogP contribution in [-0.2, 0) is 80.8 Å². The number of aromatic nitrogens is 3. The van der Waals surface area contributed by atoms with E-state index in [-0.39, 0.29) is 70.7 Å². The van der Waals surface area contributed by atoms with Crippen molar-refractivity contribution in [1.82, 2.24) is 29.7 Å². The molecule has 1 aliphatic rings.